The quantitative estimate of drug-likeness (QED) is 0.430. The number of hydrogen-bond acceptors (Lipinski definition) is 2. The Morgan fingerprint density at radius 2 is 2.00 bits per heavy atom. The monoisotopic (exact) mass is 188 g/mol. The van der Waals surface area contributed by atoms with Crippen LogP contribution in [0.1, 0.15) is 32.1 Å². The molecule has 1 aliphatic carbocycles. The second kappa shape index (κ2) is 3.25. The van der Waals surface area contributed by atoms with Crippen LogP contribution in [0.3, 0.4) is 0 Å². The van der Waals surface area contributed by atoms with Gasteiger partial charge in [0.2, 0.25) is 0 Å². The molecule has 0 aromatic carbocycles. The molecular weight excluding hydrogens is 176 g/mol. The SMILES string of the molecule is O=C1OC2CCCCCC2C1Cl. The van der Waals surface area contributed by atoms with E-state index in [9.17, 15) is 4.79 Å². The van der Waals surface area contributed by atoms with Crippen LogP contribution in [0.4, 0.5) is 0 Å². The molecule has 1 aliphatic heterocycles. The molecule has 0 N–H and O–H groups in total. The third kappa shape index (κ3) is 1.33. The Morgan fingerprint density at radius 3 is 2.83 bits per heavy atom. The number of halogens is 1. The van der Waals surface area contributed by atoms with Gasteiger partial charge in [-0.25, -0.2) is 0 Å². The topological polar surface area (TPSA) is 26.3 Å². The highest BCUT2D eigenvalue weighted by atomic mass is 35.5. The van der Waals surface area contributed by atoms with Crippen molar-refractivity contribution in [3.63, 3.8) is 0 Å². The Balaban J connectivity index is 2.09. The zero-order valence-corrected chi connectivity index (χ0v) is 7.72. The van der Waals surface area contributed by atoms with Crippen molar-refractivity contribution in [1.82, 2.24) is 0 Å². The lowest BCUT2D eigenvalue weighted by Gasteiger charge is -2.13. The van der Waals surface area contributed by atoms with Crippen molar-refractivity contribution < 1.29 is 9.53 Å². The van der Waals surface area contributed by atoms with E-state index >= 15 is 0 Å². The lowest BCUT2D eigenvalue weighted by atomic mass is 9.96. The standard InChI is InChI=1S/C9H13ClO2/c10-8-6-4-2-1-3-5-7(6)12-9(8)11/h6-8H,1-5H2. The van der Waals surface area contributed by atoms with Gasteiger partial charge >= 0.3 is 5.97 Å². The van der Waals surface area contributed by atoms with E-state index in [1.807, 2.05) is 0 Å². The minimum Gasteiger partial charge on any atom is -0.461 e. The summed E-state index contributed by atoms with van der Waals surface area (Å²) in [6, 6.07) is 0. The molecule has 1 heterocycles. The van der Waals surface area contributed by atoms with Gasteiger partial charge in [-0.05, 0) is 19.3 Å². The molecule has 1 saturated heterocycles. The fraction of sp³-hybridized carbons (Fsp3) is 0.889. The molecule has 0 amide bonds. The van der Waals surface area contributed by atoms with Crippen molar-refractivity contribution in [1.29, 1.82) is 0 Å². The first-order valence-corrected chi connectivity index (χ1v) is 5.07. The largest absolute Gasteiger partial charge is 0.461 e. The van der Waals surface area contributed by atoms with Crippen LogP contribution in [0.15, 0.2) is 0 Å². The summed E-state index contributed by atoms with van der Waals surface area (Å²) in [6.07, 6.45) is 5.83. The van der Waals surface area contributed by atoms with Gasteiger partial charge in [0.15, 0.2) is 0 Å². The van der Waals surface area contributed by atoms with Crippen LogP contribution in [0.5, 0.6) is 0 Å². The summed E-state index contributed by atoms with van der Waals surface area (Å²) in [6.45, 7) is 0. The Labute approximate surface area is 77.2 Å². The molecule has 3 atom stereocenters. The van der Waals surface area contributed by atoms with Crippen LogP contribution in [-0.2, 0) is 9.53 Å². The Morgan fingerprint density at radius 1 is 1.25 bits per heavy atom. The van der Waals surface area contributed by atoms with Gasteiger partial charge in [-0.2, -0.15) is 0 Å². The van der Waals surface area contributed by atoms with E-state index in [0.717, 1.165) is 12.8 Å². The first-order chi connectivity index (χ1) is 5.79. The number of alkyl halides is 1. The average molecular weight is 189 g/mol. The Hall–Kier alpha value is -0.240. The fourth-order valence-corrected chi connectivity index (χ4v) is 2.51. The molecule has 0 aromatic heterocycles. The summed E-state index contributed by atoms with van der Waals surface area (Å²) >= 11 is 5.93. The van der Waals surface area contributed by atoms with Crippen LogP contribution in [0.2, 0.25) is 0 Å². The van der Waals surface area contributed by atoms with E-state index in [2.05, 4.69) is 0 Å². The third-order valence-electron chi connectivity index (χ3n) is 2.87. The van der Waals surface area contributed by atoms with Crippen LogP contribution in [-0.4, -0.2) is 17.5 Å². The van der Waals surface area contributed by atoms with Crippen molar-refractivity contribution in [2.45, 2.75) is 43.6 Å². The van der Waals surface area contributed by atoms with Crippen molar-refractivity contribution in [3.05, 3.63) is 0 Å². The van der Waals surface area contributed by atoms with Gasteiger partial charge in [-0.15, -0.1) is 11.6 Å². The van der Waals surface area contributed by atoms with Gasteiger partial charge in [0, 0.05) is 5.92 Å². The summed E-state index contributed by atoms with van der Waals surface area (Å²) in [4.78, 5) is 11.1. The summed E-state index contributed by atoms with van der Waals surface area (Å²) in [7, 11) is 0. The van der Waals surface area contributed by atoms with Crippen LogP contribution < -0.4 is 0 Å². The molecule has 3 heteroatoms. The van der Waals surface area contributed by atoms with E-state index in [-0.39, 0.29) is 17.5 Å². The third-order valence-corrected chi connectivity index (χ3v) is 3.37. The first-order valence-electron chi connectivity index (χ1n) is 4.63. The average Bonchev–Trinajstić information content (AvgIpc) is 2.30. The minimum absolute atomic E-state index is 0.127. The van der Waals surface area contributed by atoms with Crippen LogP contribution >= 0.6 is 11.6 Å². The van der Waals surface area contributed by atoms with Gasteiger partial charge < -0.3 is 4.74 Å². The van der Waals surface area contributed by atoms with E-state index in [1.165, 1.54) is 19.3 Å². The van der Waals surface area contributed by atoms with E-state index in [1.54, 1.807) is 0 Å². The highest BCUT2D eigenvalue weighted by molar-refractivity contribution is 6.30. The molecule has 0 radical (unpaired) electrons. The number of carbonyl (C=O) groups is 1. The Kier molecular flexibility index (Phi) is 2.26. The summed E-state index contributed by atoms with van der Waals surface area (Å²) < 4.78 is 5.19. The normalized spacial score (nSPS) is 41.8. The van der Waals surface area contributed by atoms with Gasteiger partial charge in [-0.1, -0.05) is 12.8 Å². The zero-order chi connectivity index (χ0) is 8.55. The van der Waals surface area contributed by atoms with Gasteiger partial charge in [0.25, 0.3) is 0 Å². The van der Waals surface area contributed by atoms with Crippen molar-refractivity contribution in [2.24, 2.45) is 5.92 Å². The fourth-order valence-electron chi connectivity index (χ4n) is 2.17. The molecule has 2 fully saturated rings. The van der Waals surface area contributed by atoms with E-state index < -0.39 is 0 Å². The zero-order valence-electron chi connectivity index (χ0n) is 6.96. The lowest BCUT2D eigenvalue weighted by Crippen LogP contribution is -2.19. The molecule has 2 aliphatic rings. The van der Waals surface area contributed by atoms with Crippen molar-refractivity contribution in [2.75, 3.05) is 0 Å². The number of carbonyl (C=O) groups excluding carboxylic acids is 1. The number of ether oxygens (including phenoxy) is 1. The summed E-state index contributed by atoms with van der Waals surface area (Å²) in [5, 5.41) is -0.368. The summed E-state index contributed by atoms with van der Waals surface area (Å²) in [5.74, 6) is 0.0928. The van der Waals surface area contributed by atoms with Crippen LogP contribution in [0, 0.1) is 5.92 Å². The minimum atomic E-state index is -0.368. The molecule has 0 aromatic rings. The maximum absolute atomic E-state index is 11.1. The molecule has 0 bridgehead atoms. The maximum atomic E-state index is 11.1. The van der Waals surface area contributed by atoms with Gasteiger partial charge in [0.05, 0.1) is 0 Å². The molecule has 2 rings (SSSR count). The second-order valence-electron chi connectivity index (χ2n) is 3.68. The molecular formula is C9H13ClO2. The number of esters is 1. The van der Waals surface area contributed by atoms with E-state index in [4.69, 9.17) is 16.3 Å². The molecule has 3 unspecified atom stereocenters. The number of fused-ring (bicyclic) bond motifs is 1. The predicted molar refractivity (Wildman–Crippen MR) is 46.1 cm³/mol. The molecule has 68 valence electrons. The second-order valence-corrected chi connectivity index (χ2v) is 4.15. The smallest absolute Gasteiger partial charge is 0.324 e. The maximum Gasteiger partial charge on any atom is 0.324 e. The molecule has 0 spiro atoms. The van der Waals surface area contributed by atoms with Crippen molar-refractivity contribution in [3.8, 4) is 0 Å². The highest BCUT2D eigenvalue weighted by Gasteiger charge is 2.43. The lowest BCUT2D eigenvalue weighted by molar-refractivity contribution is -0.141. The van der Waals surface area contributed by atoms with Crippen LogP contribution in [0.25, 0.3) is 0 Å². The van der Waals surface area contributed by atoms with Gasteiger partial charge in [0.1, 0.15) is 11.5 Å². The molecule has 1 saturated carbocycles. The Bertz CT molecular complexity index is 193. The summed E-state index contributed by atoms with van der Waals surface area (Å²) in [5.41, 5.74) is 0. The predicted octanol–water partition coefficient (Wildman–Crippen LogP) is 2.10. The molecule has 12 heavy (non-hydrogen) atoms. The van der Waals surface area contributed by atoms with E-state index in [0.29, 0.717) is 5.92 Å². The number of hydrogen-bond donors (Lipinski definition) is 0. The molecule has 2 nitrogen and oxygen atoms in total. The number of rotatable bonds is 0. The first kappa shape index (κ1) is 8.36. The van der Waals surface area contributed by atoms with Crippen molar-refractivity contribution >= 4 is 17.6 Å². The van der Waals surface area contributed by atoms with Gasteiger partial charge in [-0.3, -0.25) is 4.79 Å². The highest BCUT2D eigenvalue weighted by Crippen LogP contribution is 2.36.